The molecular formula is C27H22N8O. The Bertz CT molecular complexity index is 1560. The Morgan fingerprint density at radius 2 is 1.89 bits per heavy atom. The minimum Gasteiger partial charge on any atom is -0.382 e. The van der Waals surface area contributed by atoms with Gasteiger partial charge in [-0.25, -0.2) is 19.6 Å². The summed E-state index contributed by atoms with van der Waals surface area (Å²) in [6.45, 7) is 0. The molecule has 0 fully saturated rings. The van der Waals surface area contributed by atoms with E-state index in [0.717, 1.165) is 24.1 Å². The van der Waals surface area contributed by atoms with Gasteiger partial charge in [0.2, 0.25) is 5.82 Å². The first-order chi connectivity index (χ1) is 17.7. The molecule has 3 aromatic heterocycles. The van der Waals surface area contributed by atoms with E-state index in [0.29, 0.717) is 22.8 Å². The van der Waals surface area contributed by atoms with Gasteiger partial charge in [0.25, 0.3) is 5.91 Å². The highest BCUT2D eigenvalue weighted by atomic mass is 16.1. The molecule has 0 saturated heterocycles. The number of aryl methyl sites for hydroxylation is 1. The first-order valence-electron chi connectivity index (χ1n) is 11.6. The summed E-state index contributed by atoms with van der Waals surface area (Å²) in [7, 11) is 0. The summed E-state index contributed by atoms with van der Waals surface area (Å²) in [4.78, 5) is 30.5. The van der Waals surface area contributed by atoms with Crippen LogP contribution in [0.1, 0.15) is 33.9 Å². The van der Waals surface area contributed by atoms with E-state index in [1.807, 2.05) is 42.5 Å². The Labute approximate surface area is 207 Å². The lowest BCUT2D eigenvalue weighted by Gasteiger charge is -2.14. The van der Waals surface area contributed by atoms with Gasteiger partial charge in [0.05, 0.1) is 23.6 Å². The van der Waals surface area contributed by atoms with Crippen LogP contribution in [0.5, 0.6) is 0 Å². The number of hydrogen-bond donors (Lipinski definition) is 2. The Kier molecular flexibility index (Phi) is 5.42. The second kappa shape index (κ2) is 9.03. The van der Waals surface area contributed by atoms with Crippen molar-refractivity contribution < 1.29 is 4.79 Å². The maximum Gasteiger partial charge on any atom is 0.251 e. The van der Waals surface area contributed by atoms with Crippen molar-refractivity contribution in [1.82, 2.24) is 35.0 Å². The van der Waals surface area contributed by atoms with E-state index >= 15 is 0 Å². The number of hydrogen-bond acceptors (Lipinski definition) is 7. The zero-order valence-electron chi connectivity index (χ0n) is 19.2. The average Bonchev–Trinajstić information content (AvgIpc) is 3.58. The fraction of sp³-hybridized carbons (Fsp3) is 0.111. The van der Waals surface area contributed by atoms with Crippen LogP contribution < -0.4 is 11.1 Å². The molecule has 9 nitrogen and oxygen atoms in total. The Hall–Kier alpha value is -4.92. The Morgan fingerprint density at radius 1 is 1.03 bits per heavy atom. The number of nitrogens with zero attached hydrogens (tertiary/aromatic N) is 6. The van der Waals surface area contributed by atoms with Crippen molar-refractivity contribution in [1.29, 1.82) is 0 Å². The topological polar surface area (TPSA) is 124 Å². The second-order valence-electron chi connectivity index (χ2n) is 8.55. The molecule has 0 aliphatic heterocycles. The smallest absolute Gasteiger partial charge is 0.251 e. The van der Waals surface area contributed by atoms with E-state index in [-0.39, 0.29) is 17.8 Å². The number of aromatic nitrogens is 6. The van der Waals surface area contributed by atoms with E-state index in [9.17, 15) is 4.79 Å². The molecular weight excluding hydrogens is 452 g/mol. The molecule has 1 amide bonds. The van der Waals surface area contributed by atoms with Gasteiger partial charge in [0, 0.05) is 23.5 Å². The van der Waals surface area contributed by atoms with Crippen LogP contribution in [0, 0.1) is 0 Å². The number of benzene rings is 2. The van der Waals surface area contributed by atoms with Gasteiger partial charge >= 0.3 is 0 Å². The Balaban J connectivity index is 1.26. The van der Waals surface area contributed by atoms with Crippen molar-refractivity contribution in [2.45, 2.75) is 18.9 Å². The van der Waals surface area contributed by atoms with Crippen LogP contribution in [0.15, 0.2) is 85.6 Å². The van der Waals surface area contributed by atoms with Crippen molar-refractivity contribution in [2.75, 3.05) is 5.73 Å². The lowest BCUT2D eigenvalue weighted by Crippen LogP contribution is -2.27. The number of nitrogen functional groups attached to an aromatic ring is 1. The third kappa shape index (κ3) is 4.07. The van der Waals surface area contributed by atoms with Crippen LogP contribution in [-0.2, 0) is 6.42 Å². The largest absolute Gasteiger partial charge is 0.382 e. The molecule has 9 heteroatoms. The van der Waals surface area contributed by atoms with Crippen molar-refractivity contribution in [3.8, 4) is 28.5 Å². The summed E-state index contributed by atoms with van der Waals surface area (Å²) in [6.07, 6.45) is 8.40. The molecule has 0 saturated carbocycles. The molecule has 0 bridgehead atoms. The van der Waals surface area contributed by atoms with E-state index in [2.05, 4.69) is 42.5 Å². The lowest BCUT2D eigenvalue weighted by atomic mass is 10.1. The van der Waals surface area contributed by atoms with Crippen molar-refractivity contribution in [2.24, 2.45) is 0 Å². The summed E-state index contributed by atoms with van der Waals surface area (Å²) < 4.78 is 1.62. The van der Waals surface area contributed by atoms with Gasteiger partial charge in [0.1, 0.15) is 6.33 Å². The zero-order chi connectivity index (χ0) is 24.5. The molecule has 2 aromatic carbocycles. The first-order valence-corrected chi connectivity index (χ1v) is 11.6. The van der Waals surface area contributed by atoms with Crippen molar-refractivity contribution in [3.63, 3.8) is 0 Å². The highest BCUT2D eigenvalue weighted by Gasteiger charge is 2.24. The van der Waals surface area contributed by atoms with E-state index < -0.39 is 0 Å². The molecule has 5 aromatic rings. The first kappa shape index (κ1) is 21.6. The number of carbonyl (C=O) groups is 1. The third-order valence-corrected chi connectivity index (χ3v) is 6.29. The van der Waals surface area contributed by atoms with Gasteiger partial charge in [-0.2, -0.15) is 0 Å². The third-order valence-electron chi connectivity index (χ3n) is 6.29. The van der Waals surface area contributed by atoms with Gasteiger partial charge in [-0.05, 0) is 48.2 Å². The van der Waals surface area contributed by atoms with Gasteiger partial charge < -0.3 is 11.1 Å². The van der Waals surface area contributed by atoms with Crippen LogP contribution in [0.2, 0.25) is 0 Å². The average molecular weight is 475 g/mol. The number of fused-ring (bicyclic) bond motifs is 1. The SMILES string of the molecule is Nc1ncc(-c2cccc(C(=O)N[C@H]3CCc4ccccc43)c2)nc1-c1ncn(-c2ccncc2)n1. The summed E-state index contributed by atoms with van der Waals surface area (Å²) >= 11 is 0. The number of rotatable bonds is 5. The molecule has 6 rings (SSSR count). The van der Waals surface area contributed by atoms with E-state index in [4.69, 9.17) is 5.73 Å². The van der Waals surface area contributed by atoms with Gasteiger partial charge in [-0.3, -0.25) is 9.78 Å². The number of pyridine rings is 1. The van der Waals surface area contributed by atoms with Gasteiger partial charge in [0.15, 0.2) is 11.5 Å². The number of nitrogens with two attached hydrogens (primary N) is 1. The molecule has 0 radical (unpaired) electrons. The molecule has 176 valence electrons. The maximum absolute atomic E-state index is 13.1. The molecule has 3 N–H and O–H groups in total. The van der Waals surface area contributed by atoms with Crippen LogP contribution in [0.25, 0.3) is 28.5 Å². The summed E-state index contributed by atoms with van der Waals surface area (Å²) in [5.74, 6) is 0.451. The van der Waals surface area contributed by atoms with E-state index in [1.165, 1.54) is 11.1 Å². The standard InChI is InChI=1S/C27H22N8O/c28-25-24(26-31-16-35(34-26)20-10-12-29-13-11-20)32-23(15-30-25)18-5-3-6-19(14-18)27(36)33-22-9-8-17-4-1-2-7-21(17)22/h1-7,10-16,22H,8-9H2,(H2,28,30)(H,33,36)/t22-/m0/s1. The van der Waals surface area contributed by atoms with Gasteiger partial charge in [-0.15, -0.1) is 5.10 Å². The number of nitrogens with one attached hydrogen (secondary N) is 1. The highest BCUT2D eigenvalue weighted by Crippen LogP contribution is 2.31. The minimum absolute atomic E-state index is 0.0156. The molecule has 1 aliphatic carbocycles. The number of anilines is 1. The van der Waals surface area contributed by atoms with Crippen LogP contribution in [0.4, 0.5) is 5.82 Å². The summed E-state index contributed by atoms with van der Waals surface area (Å²) in [5, 5.41) is 7.67. The molecule has 1 aliphatic rings. The minimum atomic E-state index is -0.125. The highest BCUT2D eigenvalue weighted by molar-refractivity contribution is 5.95. The maximum atomic E-state index is 13.1. The predicted octanol–water partition coefficient (Wildman–Crippen LogP) is 3.79. The summed E-state index contributed by atoms with van der Waals surface area (Å²) in [5.41, 5.74) is 11.7. The van der Waals surface area contributed by atoms with E-state index in [1.54, 1.807) is 35.7 Å². The number of amides is 1. The monoisotopic (exact) mass is 474 g/mol. The molecule has 36 heavy (non-hydrogen) atoms. The fourth-order valence-corrected chi connectivity index (χ4v) is 4.46. The lowest BCUT2D eigenvalue weighted by molar-refractivity contribution is 0.0936. The summed E-state index contributed by atoms with van der Waals surface area (Å²) in [6, 6.07) is 19.2. The quantitative estimate of drug-likeness (QED) is 0.397. The zero-order valence-corrected chi connectivity index (χ0v) is 19.2. The molecule has 3 heterocycles. The molecule has 1 atom stereocenters. The van der Waals surface area contributed by atoms with Crippen LogP contribution >= 0.6 is 0 Å². The van der Waals surface area contributed by atoms with Crippen LogP contribution in [-0.4, -0.2) is 35.6 Å². The molecule has 0 unspecified atom stereocenters. The predicted molar refractivity (Wildman–Crippen MR) is 135 cm³/mol. The van der Waals surface area contributed by atoms with Gasteiger partial charge in [-0.1, -0.05) is 36.4 Å². The van der Waals surface area contributed by atoms with Crippen molar-refractivity contribution >= 4 is 11.7 Å². The normalized spacial score (nSPS) is 14.4. The van der Waals surface area contributed by atoms with Crippen LogP contribution in [0.3, 0.4) is 0 Å². The Morgan fingerprint density at radius 3 is 2.78 bits per heavy atom. The second-order valence-corrected chi connectivity index (χ2v) is 8.55. The fourth-order valence-electron chi connectivity index (χ4n) is 4.46. The number of carbonyl (C=O) groups excluding carboxylic acids is 1. The molecule has 0 spiro atoms. The van der Waals surface area contributed by atoms with Crippen molar-refractivity contribution in [3.05, 3.63) is 102 Å².